The fourth-order valence-electron chi connectivity index (χ4n) is 3.87. The van der Waals surface area contributed by atoms with Gasteiger partial charge >= 0.3 is 0 Å². The molecule has 1 saturated heterocycles. The number of fused-ring (bicyclic) bond motifs is 1. The molecule has 180 valence electrons. The van der Waals surface area contributed by atoms with Crippen LogP contribution in [-0.2, 0) is 17.9 Å². The molecule has 0 radical (unpaired) electrons. The van der Waals surface area contributed by atoms with Crippen molar-refractivity contribution in [3.8, 4) is 5.75 Å². The molecule has 36 heavy (non-hydrogen) atoms. The van der Waals surface area contributed by atoms with Crippen LogP contribution in [0.3, 0.4) is 0 Å². The van der Waals surface area contributed by atoms with E-state index in [4.69, 9.17) is 27.9 Å². The molecule has 0 unspecified atom stereocenters. The second kappa shape index (κ2) is 10.7. The van der Waals surface area contributed by atoms with E-state index in [1.807, 2.05) is 60.7 Å². The number of nitrogens with zero attached hydrogens (tertiary/aromatic N) is 1. The molecule has 0 atom stereocenters. The van der Waals surface area contributed by atoms with Crippen LogP contribution in [0.4, 0.5) is 4.79 Å². The second-order valence-corrected chi connectivity index (χ2v) is 10.8. The van der Waals surface area contributed by atoms with Crippen molar-refractivity contribution >= 4 is 78.9 Å². The van der Waals surface area contributed by atoms with Crippen LogP contribution in [-0.4, -0.2) is 16.0 Å². The second-order valence-electron chi connectivity index (χ2n) is 8.14. The Balaban J connectivity index is 1.32. The third-order valence-corrected chi connectivity index (χ3v) is 7.82. The number of ether oxygens (including phenoxy) is 1. The molecule has 4 nitrogen and oxygen atoms in total. The molecule has 0 spiro atoms. The number of carbonyl (C=O) groups is 2. The molecule has 1 heterocycles. The van der Waals surface area contributed by atoms with Gasteiger partial charge in [-0.1, -0.05) is 77.8 Å². The average molecular weight is 599 g/mol. The van der Waals surface area contributed by atoms with Gasteiger partial charge in [-0.05, 0) is 79.9 Å². The minimum Gasteiger partial charge on any atom is -0.486 e. The summed E-state index contributed by atoms with van der Waals surface area (Å²) in [5, 5.41) is 2.86. The molecule has 1 aliphatic rings. The molecule has 4 aromatic rings. The number of rotatable bonds is 6. The highest BCUT2D eigenvalue weighted by atomic mass is 79.9. The largest absolute Gasteiger partial charge is 0.486 e. The van der Waals surface area contributed by atoms with E-state index in [9.17, 15) is 9.59 Å². The third-order valence-electron chi connectivity index (χ3n) is 5.68. The van der Waals surface area contributed by atoms with Crippen LogP contribution in [0.1, 0.15) is 16.7 Å². The fourth-order valence-corrected chi connectivity index (χ4v) is 5.89. The summed E-state index contributed by atoms with van der Waals surface area (Å²) in [5.41, 5.74) is 2.41. The highest BCUT2D eigenvalue weighted by Gasteiger charge is 2.35. The molecule has 0 aliphatic carbocycles. The molecule has 0 bridgehead atoms. The van der Waals surface area contributed by atoms with E-state index in [2.05, 4.69) is 15.9 Å². The number of halogens is 3. The van der Waals surface area contributed by atoms with E-state index in [1.165, 1.54) is 4.90 Å². The van der Waals surface area contributed by atoms with Crippen molar-refractivity contribution in [3.63, 3.8) is 0 Å². The molecule has 5 rings (SSSR count). The average Bonchev–Trinajstić information content (AvgIpc) is 3.11. The van der Waals surface area contributed by atoms with Gasteiger partial charge in [0.15, 0.2) is 5.75 Å². The zero-order chi connectivity index (χ0) is 25.2. The first kappa shape index (κ1) is 24.9. The number of hydrogen-bond donors (Lipinski definition) is 0. The Morgan fingerprint density at radius 2 is 1.64 bits per heavy atom. The van der Waals surface area contributed by atoms with Crippen LogP contribution >= 0.6 is 50.9 Å². The lowest BCUT2D eigenvalue weighted by Gasteiger charge is -2.13. The molecule has 0 saturated carbocycles. The normalized spacial score (nSPS) is 14.8. The van der Waals surface area contributed by atoms with Gasteiger partial charge in [-0.3, -0.25) is 14.5 Å². The van der Waals surface area contributed by atoms with Crippen molar-refractivity contribution in [2.24, 2.45) is 0 Å². The Hall–Kier alpha value is -2.77. The monoisotopic (exact) mass is 597 g/mol. The minimum atomic E-state index is -0.329. The van der Waals surface area contributed by atoms with Gasteiger partial charge in [0.2, 0.25) is 0 Å². The summed E-state index contributed by atoms with van der Waals surface area (Å²) in [4.78, 5) is 27.3. The maximum atomic E-state index is 13.1. The van der Waals surface area contributed by atoms with Gasteiger partial charge in [0, 0.05) is 10.6 Å². The van der Waals surface area contributed by atoms with Gasteiger partial charge in [0.1, 0.15) is 6.61 Å². The highest BCUT2D eigenvalue weighted by molar-refractivity contribution is 9.10. The standard InChI is InChI=1S/C28H18BrCl2NO3S/c29-22-12-18(13-24(31)26(22)35-16-21-7-3-4-8-23(21)30)14-25-27(33)32(28(34)36-25)15-17-9-10-19-5-1-2-6-20(19)11-17/h1-14H,15-16H2/b25-14-. The first-order chi connectivity index (χ1) is 17.4. The zero-order valence-corrected chi connectivity index (χ0v) is 22.6. The molecular formula is C28H18BrCl2NO3S. The molecule has 8 heteroatoms. The lowest BCUT2D eigenvalue weighted by molar-refractivity contribution is -0.123. The smallest absolute Gasteiger partial charge is 0.293 e. The predicted molar refractivity (Wildman–Crippen MR) is 150 cm³/mol. The Morgan fingerprint density at radius 3 is 2.42 bits per heavy atom. The van der Waals surface area contributed by atoms with E-state index >= 15 is 0 Å². The summed E-state index contributed by atoms with van der Waals surface area (Å²) >= 11 is 17.1. The SMILES string of the molecule is O=C1S/C(=C\c2cc(Cl)c(OCc3ccccc3Cl)c(Br)c2)C(=O)N1Cc1ccc2ccccc2c1. The van der Waals surface area contributed by atoms with Crippen molar-refractivity contribution in [2.45, 2.75) is 13.2 Å². The topological polar surface area (TPSA) is 46.6 Å². The van der Waals surface area contributed by atoms with Crippen molar-refractivity contribution in [1.82, 2.24) is 4.90 Å². The van der Waals surface area contributed by atoms with E-state index in [-0.39, 0.29) is 24.3 Å². The lowest BCUT2D eigenvalue weighted by Crippen LogP contribution is -2.27. The Labute approximate surface area is 231 Å². The minimum absolute atomic E-state index is 0.214. The van der Waals surface area contributed by atoms with E-state index in [0.717, 1.165) is 33.7 Å². The Morgan fingerprint density at radius 1 is 0.889 bits per heavy atom. The first-order valence-electron chi connectivity index (χ1n) is 11.0. The predicted octanol–water partition coefficient (Wildman–Crippen LogP) is 8.72. The van der Waals surface area contributed by atoms with E-state index < -0.39 is 0 Å². The van der Waals surface area contributed by atoms with Crippen LogP contribution in [0, 0.1) is 0 Å². The molecule has 0 aromatic heterocycles. The summed E-state index contributed by atoms with van der Waals surface area (Å²) in [7, 11) is 0. The number of amides is 2. The molecule has 4 aromatic carbocycles. The van der Waals surface area contributed by atoms with Crippen LogP contribution in [0.15, 0.2) is 88.2 Å². The van der Waals surface area contributed by atoms with Crippen molar-refractivity contribution in [3.05, 3.63) is 115 Å². The summed E-state index contributed by atoms with van der Waals surface area (Å²) in [6, 6.07) is 24.8. The number of imide groups is 1. The summed E-state index contributed by atoms with van der Waals surface area (Å²) in [6.45, 7) is 0.469. The van der Waals surface area contributed by atoms with Crippen molar-refractivity contribution < 1.29 is 14.3 Å². The lowest BCUT2D eigenvalue weighted by atomic mass is 10.1. The highest BCUT2D eigenvalue weighted by Crippen LogP contribution is 2.38. The summed E-state index contributed by atoms with van der Waals surface area (Å²) in [6.07, 6.45) is 1.67. The van der Waals surface area contributed by atoms with E-state index in [0.29, 0.717) is 30.7 Å². The van der Waals surface area contributed by atoms with Gasteiger partial charge in [-0.15, -0.1) is 0 Å². The fraction of sp³-hybridized carbons (Fsp3) is 0.0714. The van der Waals surface area contributed by atoms with Gasteiger partial charge in [0.25, 0.3) is 11.1 Å². The molecule has 2 amide bonds. The zero-order valence-electron chi connectivity index (χ0n) is 18.7. The molecule has 1 fully saturated rings. The summed E-state index contributed by atoms with van der Waals surface area (Å²) in [5.74, 6) is 0.141. The third kappa shape index (κ3) is 5.32. The number of thioether (sulfide) groups is 1. The van der Waals surface area contributed by atoms with Gasteiger partial charge in [0.05, 0.1) is 20.9 Å². The van der Waals surface area contributed by atoms with Crippen LogP contribution in [0.5, 0.6) is 5.75 Å². The van der Waals surface area contributed by atoms with E-state index in [1.54, 1.807) is 24.3 Å². The Bertz CT molecular complexity index is 1520. The quantitative estimate of drug-likeness (QED) is 0.208. The Kier molecular flexibility index (Phi) is 7.39. The van der Waals surface area contributed by atoms with Gasteiger partial charge in [-0.2, -0.15) is 0 Å². The molecule has 0 N–H and O–H groups in total. The van der Waals surface area contributed by atoms with Crippen molar-refractivity contribution in [2.75, 3.05) is 0 Å². The number of carbonyl (C=O) groups excluding carboxylic acids is 2. The van der Waals surface area contributed by atoms with Crippen LogP contribution in [0.2, 0.25) is 10.0 Å². The van der Waals surface area contributed by atoms with Crippen LogP contribution in [0.25, 0.3) is 16.8 Å². The molecule has 1 aliphatic heterocycles. The maximum absolute atomic E-state index is 13.1. The first-order valence-corrected chi connectivity index (χ1v) is 13.3. The number of benzene rings is 4. The summed E-state index contributed by atoms with van der Waals surface area (Å²) < 4.78 is 6.52. The van der Waals surface area contributed by atoms with Crippen molar-refractivity contribution in [1.29, 1.82) is 0 Å². The van der Waals surface area contributed by atoms with Gasteiger partial charge < -0.3 is 4.74 Å². The number of hydrogen-bond acceptors (Lipinski definition) is 4. The maximum Gasteiger partial charge on any atom is 0.293 e. The van der Waals surface area contributed by atoms with Crippen LogP contribution < -0.4 is 4.74 Å². The van der Waals surface area contributed by atoms with Gasteiger partial charge in [-0.25, -0.2) is 0 Å². The molecular weight excluding hydrogens is 581 g/mol.